The van der Waals surface area contributed by atoms with Gasteiger partial charge in [-0.25, -0.2) is 0 Å². The fourth-order valence-electron chi connectivity index (χ4n) is 3.05. The standard InChI is InChI=1S/C17H26ClNO/c1-4-19-13(3)16-11-14(18)8-9-17(16)20-15-7-5-6-12(2)10-15/h8-9,11-13,15,19H,4-7,10H2,1-3H3. The molecule has 1 saturated carbocycles. The van der Waals surface area contributed by atoms with Crippen LogP contribution in [0.1, 0.15) is 58.1 Å². The molecule has 1 fully saturated rings. The Labute approximate surface area is 127 Å². The van der Waals surface area contributed by atoms with Crippen molar-refractivity contribution in [3.05, 3.63) is 28.8 Å². The zero-order chi connectivity index (χ0) is 14.5. The molecule has 0 aromatic heterocycles. The first-order valence-corrected chi connectivity index (χ1v) is 8.17. The fourth-order valence-corrected chi connectivity index (χ4v) is 3.23. The molecule has 1 aliphatic rings. The van der Waals surface area contributed by atoms with E-state index in [9.17, 15) is 0 Å². The number of benzene rings is 1. The summed E-state index contributed by atoms with van der Waals surface area (Å²) in [6.45, 7) is 7.53. The van der Waals surface area contributed by atoms with Gasteiger partial charge in [-0.15, -0.1) is 0 Å². The van der Waals surface area contributed by atoms with Gasteiger partial charge in [-0.1, -0.05) is 31.9 Å². The predicted molar refractivity (Wildman–Crippen MR) is 85.6 cm³/mol. The lowest BCUT2D eigenvalue weighted by molar-refractivity contribution is 0.127. The molecule has 0 amide bonds. The number of ether oxygens (including phenoxy) is 1. The third-order valence-corrected chi connectivity index (χ3v) is 4.37. The van der Waals surface area contributed by atoms with Gasteiger partial charge in [-0.3, -0.25) is 0 Å². The van der Waals surface area contributed by atoms with Gasteiger partial charge in [0.1, 0.15) is 5.75 Å². The van der Waals surface area contributed by atoms with Crippen molar-refractivity contribution in [1.82, 2.24) is 5.32 Å². The molecule has 1 aromatic carbocycles. The molecule has 0 spiro atoms. The highest BCUT2D eigenvalue weighted by Crippen LogP contribution is 2.32. The van der Waals surface area contributed by atoms with E-state index in [1.165, 1.54) is 19.3 Å². The van der Waals surface area contributed by atoms with Crippen LogP contribution in [0.4, 0.5) is 0 Å². The van der Waals surface area contributed by atoms with Crippen LogP contribution >= 0.6 is 11.6 Å². The van der Waals surface area contributed by atoms with E-state index in [0.717, 1.165) is 35.2 Å². The molecule has 20 heavy (non-hydrogen) atoms. The van der Waals surface area contributed by atoms with E-state index in [2.05, 4.69) is 26.1 Å². The highest BCUT2D eigenvalue weighted by Gasteiger charge is 2.22. The second-order valence-electron chi connectivity index (χ2n) is 5.97. The van der Waals surface area contributed by atoms with Crippen LogP contribution in [-0.4, -0.2) is 12.6 Å². The molecule has 0 aliphatic heterocycles. The van der Waals surface area contributed by atoms with Gasteiger partial charge in [0.25, 0.3) is 0 Å². The van der Waals surface area contributed by atoms with E-state index in [1.54, 1.807) is 0 Å². The van der Waals surface area contributed by atoms with Crippen molar-refractivity contribution in [1.29, 1.82) is 0 Å². The summed E-state index contributed by atoms with van der Waals surface area (Å²) in [6.07, 6.45) is 5.30. The summed E-state index contributed by atoms with van der Waals surface area (Å²) in [5, 5.41) is 4.21. The predicted octanol–water partition coefficient (Wildman–Crippen LogP) is 4.97. The molecule has 3 unspecified atom stereocenters. The van der Waals surface area contributed by atoms with Crippen LogP contribution in [0, 0.1) is 5.92 Å². The van der Waals surface area contributed by atoms with Crippen molar-refractivity contribution >= 4 is 11.6 Å². The van der Waals surface area contributed by atoms with Crippen LogP contribution in [0.2, 0.25) is 5.02 Å². The minimum absolute atomic E-state index is 0.259. The van der Waals surface area contributed by atoms with Crippen LogP contribution in [0.15, 0.2) is 18.2 Å². The largest absolute Gasteiger partial charge is 0.490 e. The number of nitrogens with one attached hydrogen (secondary N) is 1. The Kier molecular flexibility index (Phi) is 5.74. The molecule has 2 nitrogen and oxygen atoms in total. The van der Waals surface area contributed by atoms with Crippen LogP contribution in [-0.2, 0) is 0 Å². The smallest absolute Gasteiger partial charge is 0.124 e. The van der Waals surface area contributed by atoms with E-state index >= 15 is 0 Å². The minimum Gasteiger partial charge on any atom is -0.490 e. The molecular weight excluding hydrogens is 270 g/mol. The summed E-state index contributed by atoms with van der Waals surface area (Å²) in [5.74, 6) is 1.76. The Bertz CT molecular complexity index is 435. The number of halogens is 1. The summed E-state index contributed by atoms with van der Waals surface area (Å²) < 4.78 is 6.28. The Hall–Kier alpha value is -0.730. The van der Waals surface area contributed by atoms with Gasteiger partial charge in [-0.05, 0) is 56.8 Å². The highest BCUT2D eigenvalue weighted by atomic mass is 35.5. The van der Waals surface area contributed by atoms with Crippen LogP contribution in [0.25, 0.3) is 0 Å². The third-order valence-electron chi connectivity index (χ3n) is 4.13. The zero-order valence-electron chi connectivity index (χ0n) is 12.8. The molecule has 1 aromatic rings. The molecule has 3 heteroatoms. The second kappa shape index (κ2) is 7.33. The Morgan fingerprint density at radius 1 is 1.40 bits per heavy atom. The number of rotatable bonds is 5. The van der Waals surface area contributed by atoms with Gasteiger partial charge in [0, 0.05) is 16.6 Å². The monoisotopic (exact) mass is 295 g/mol. The quantitative estimate of drug-likeness (QED) is 0.828. The van der Waals surface area contributed by atoms with E-state index in [-0.39, 0.29) is 6.04 Å². The van der Waals surface area contributed by atoms with Crippen molar-refractivity contribution in [2.24, 2.45) is 5.92 Å². The molecule has 3 atom stereocenters. The molecule has 112 valence electrons. The molecular formula is C17H26ClNO. The van der Waals surface area contributed by atoms with Crippen molar-refractivity contribution in [2.45, 2.75) is 58.6 Å². The van der Waals surface area contributed by atoms with Gasteiger partial charge >= 0.3 is 0 Å². The average Bonchev–Trinajstić information content (AvgIpc) is 2.41. The normalized spacial score (nSPS) is 24.4. The Morgan fingerprint density at radius 2 is 2.20 bits per heavy atom. The molecule has 0 bridgehead atoms. The van der Waals surface area contributed by atoms with Gasteiger partial charge < -0.3 is 10.1 Å². The van der Waals surface area contributed by atoms with Gasteiger partial charge in [0.05, 0.1) is 6.10 Å². The molecule has 2 rings (SSSR count). The molecule has 0 saturated heterocycles. The average molecular weight is 296 g/mol. The maximum absolute atomic E-state index is 6.28. The van der Waals surface area contributed by atoms with Crippen molar-refractivity contribution in [3.8, 4) is 5.75 Å². The lowest BCUT2D eigenvalue weighted by Crippen LogP contribution is -2.25. The molecule has 0 heterocycles. The van der Waals surface area contributed by atoms with Gasteiger partial charge in [-0.2, -0.15) is 0 Å². The Morgan fingerprint density at radius 3 is 2.90 bits per heavy atom. The highest BCUT2D eigenvalue weighted by molar-refractivity contribution is 6.30. The molecule has 0 radical (unpaired) electrons. The van der Waals surface area contributed by atoms with Crippen LogP contribution in [0.5, 0.6) is 5.75 Å². The number of hydrogen-bond acceptors (Lipinski definition) is 2. The van der Waals surface area contributed by atoms with E-state index < -0.39 is 0 Å². The fraction of sp³-hybridized carbons (Fsp3) is 0.647. The first kappa shape index (κ1) is 15.7. The minimum atomic E-state index is 0.259. The maximum atomic E-state index is 6.28. The van der Waals surface area contributed by atoms with Crippen molar-refractivity contribution in [2.75, 3.05) is 6.54 Å². The second-order valence-corrected chi connectivity index (χ2v) is 6.41. The summed E-state index contributed by atoms with van der Waals surface area (Å²) in [4.78, 5) is 0. The lowest BCUT2D eigenvalue weighted by Gasteiger charge is -2.29. The third kappa shape index (κ3) is 4.13. The van der Waals surface area contributed by atoms with Crippen molar-refractivity contribution < 1.29 is 4.74 Å². The summed E-state index contributed by atoms with van der Waals surface area (Å²) in [6, 6.07) is 6.22. The molecule has 1 N–H and O–H groups in total. The summed E-state index contributed by atoms with van der Waals surface area (Å²) in [7, 11) is 0. The van der Waals surface area contributed by atoms with Gasteiger partial charge in [0.2, 0.25) is 0 Å². The van der Waals surface area contributed by atoms with Crippen LogP contribution < -0.4 is 10.1 Å². The van der Waals surface area contributed by atoms with E-state index in [4.69, 9.17) is 16.3 Å². The first-order valence-electron chi connectivity index (χ1n) is 7.79. The number of hydrogen-bond donors (Lipinski definition) is 1. The van der Waals surface area contributed by atoms with Crippen molar-refractivity contribution in [3.63, 3.8) is 0 Å². The van der Waals surface area contributed by atoms with E-state index in [1.807, 2.05) is 18.2 Å². The Balaban J connectivity index is 2.13. The summed E-state index contributed by atoms with van der Waals surface area (Å²) in [5.41, 5.74) is 1.16. The van der Waals surface area contributed by atoms with E-state index in [0.29, 0.717) is 6.10 Å². The first-order chi connectivity index (χ1) is 9.60. The van der Waals surface area contributed by atoms with Gasteiger partial charge in [0.15, 0.2) is 0 Å². The van der Waals surface area contributed by atoms with Crippen LogP contribution in [0.3, 0.4) is 0 Å². The molecule has 1 aliphatic carbocycles. The summed E-state index contributed by atoms with van der Waals surface area (Å²) >= 11 is 6.14. The lowest BCUT2D eigenvalue weighted by atomic mass is 9.88. The SMILES string of the molecule is CCNC(C)c1cc(Cl)ccc1OC1CCCC(C)C1. The topological polar surface area (TPSA) is 21.3 Å². The maximum Gasteiger partial charge on any atom is 0.124 e. The zero-order valence-corrected chi connectivity index (χ0v) is 13.5.